The molecule has 0 saturated carbocycles. The third-order valence-electron chi connectivity index (χ3n) is 3.77. The van der Waals surface area contributed by atoms with Gasteiger partial charge in [-0.05, 0) is 26.3 Å². The Bertz CT molecular complexity index is 760. The van der Waals surface area contributed by atoms with Gasteiger partial charge in [0.15, 0.2) is 0 Å². The van der Waals surface area contributed by atoms with Gasteiger partial charge in [-0.2, -0.15) is 5.10 Å². The molecule has 0 aliphatic carbocycles. The van der Waals surface area contributed by atoms with Gasteiger partial charge in [-0.25, -0.2) is 4.68 Å². The normalized spacial score (nSPS) is 17.1. The van der Waals surface area contributed by atoms with Crippen LogP contribution in [0.1, 0.15) is 37.6 Å². The van der Waals surface area contributed by atoms with Crippen LogP contribution in [-0.2, 0) is 39.1 Å². The third-order valence-corrected chi connectivity index (χ3v) is 4.98. The van der Waals surface area contributed by atoms with Gasteiger partial charge in [0.1, 0.15) is 5.82 Å². The molecule has 1 amide bonds. The summed E-state index contributed by atoms with van der Waals surface area (Å²) in [6.45, 7) is 6.12. The Morgan fingerprint density at radius 3 is 2.61 bits per heavy atom. The number of hydrogen-bond donors (Lipinski definition) is 1. The third kappa shape index (κ3) is 3.37. The van der Waals surface area contributed by atoms with Crippen molar-refractivity contribution in [1.82, 2.24) is 9.78 Å². The fraction of sp³-hybridized carbons (Fsp3) is 0.412. The number of aromatic nitrogens is 2. The maximum atomic E-state index is 12.4. The topological polar surface area (TPSA) is 64.0 Å². The van der Waals surface area contributed by atoms with E-state index in [0.717, 1.165) is 16.8 Å². The number of fused-ring (bicyclic) bond motifs is 1. The van der Waals surface area contributed by atoms with Gasteiger partial charge in [0.05, 0.1) is 29.2 Å². The van der Waals surface area contributed by atoms with Crippen LogP contribution in [0.2, 0.25) is 0 Å². The summed E-state index contributed by atoms with van der Waals surface area (Å²) < 4.78 is 13.6. The fourth-order valence-corrected chi connectivity index (χ4v) is 3.96. The summed E-state index contributed by atoms with van der Waals surface area (Å²) in [4.78, 5) is 12.4. The molecular weight excluding hydrogens is 310 g/mol. The second-order valence-electron chi connectivity index (χ2n) is 6.80. The molecule has 1 aliphatic rings. The van der Waals surface area contributed by atoms with Gasteiger partial charge in [-0.1, -0.05) is 30.3 Å². The SMILES string of the molecule is CC(C)(C)n1nc2c(c1NC(=O)Cc1ccccc1)C[S@@](=O)C2. The second-order valence-corrected chi connectivity index (χ2v) is 8.25. The predicted octanol–water partition coefficient (Wildman–Crippen LogP) is 2.58. The highest BCUT2D eigenvalue weighted by Crippen LogP contribution is 2.32. The lowest BCUT2D eigenvalue weighted by atomic mass is 10.1. The largest absolute Gasteiger partial charge is 0.310 e. The molecule has 0 unspecified atom stereocenters. The number of benzene rings is 1. The van der Waals surface area contributed by atoms with Crippen molar-refractivity contribution in [3.63, 3.8) is 0 Å². The molecule has 1 aromatic heterocycles. The Kier molecular flexibility index (Phi) is 4.10. The maximum absolute atomic E-state index is 12.4. The van der Waals surface area contributed by atoms with Crippen LogP contribution < -0.4 is 5.32 Å². The Hall–Kier alpha value is -1.95. The zero-order valence-electron chi connectivity index (χ0n) is 13.6. The highest BCUT2D eigenvalue weighted by atomic mass is 32.2. The van der Waals surface area contributed by atoms with Crippen molar-refractivity contribution in [2.45, 2.75) is 44.2 Å². The van der Waals surface area contributed by atoms with Crippen molar-refractivity contribution >= 4 is 22.5 Å². The quantitative estimate of drug-likeness (QED) is 0.940. The first-order valence-corrected chi connectivity index (χ1v) is 9.13. The van der Waals surface area contributed by atoms with E-state index < -0.39 is 10.8 Å². The van der Waals surface area contributed by atoms with Crippen molar-refractivity contribution in [1.29, 1.82) is 0 Å². The number of nitrogens with one attached hydrogen (secondary N) is 1. The zero-order chi connectivity index (χ0) is 16.6. The molecule has 6 heteroatoms. The number of carbonyl (C=O) groups excluding carboxylic acids is 1. The van der Waals surface area contributed by atoms with E-state index in [1.54, 1.807) is 0 Å². The molecule has 122 valence electrons. The van der Waals surface area contributed by atoms with E-state index in [-0.39, 0.29) is 11.4 Å². The van der Waals surface area contributed by atoms with Crippen molar-refractivity contribution in [3.05, 3.63) is 47.2 Å². The molecule has 0 radical (unpaired) electrons. The van der Waals surface area contributed by atoms with Crippen LogP contribution >= 0.6 is 0 Å². The first-order chi connectivity index (χ1) is 10.8. The maximum Gasteiger partial charge on any atom is 0.229 e. The van der Waals surface area contributed by atoms with Gasteiger partial charge in [0.25, 0.3) is 0 Å². The van der Waals surface area contributed by atoms with Crippen molar-refractivity contribution in [3.8, 4) is 0 Å². The van der Waals surface area contributed by atoms with E-state index in [0.29, 0.717) is 23.7 Å². The van der Waals surface area contributed by atoms with E-state index in [2.05, 4.69) is 10.4 Å². The van der Waals surface area contributed by atoms with Crippen LogP contribution in [0.25, 0.3) is 0 Å². The summed E-state index contributed by atoms with van der Waals surface area (Å²) in [5.41, 5.74) is 2.47. The van der Waals surface area contributed by atoms with Crippen LogP contribution in [0.3, 0.4) is 0 Å². The zero-order valence-corrected chi connectivity index (χ0v) is 14.4. The molecule has 0 spiro atoms. The summed E-state index contributed by atoms with van der Waals surface area (Å²) in [6.07, 6.45) is 0.314. The lowest BCUT2D eigenvalue weighted by Gasteiger charge is -2.23. The van der Waals surface area contributed by atoms with Crippen LogP contribution in [0.5, 0.6) is 0 Å². The second kappa shape index (κ2) is 5.92. The summed E-state index contributed by atoms with van der Waals surface area (Å²) >= 11 is 0. The highest BCUT2D eigenvalue weighted by Gasteiger charge is 2.31. The fourth-order valence-electron chi connectivity index (χ4n) is 2.70. The smallest absolute Gasteiger partial charge is 0.229 e. The summed E-state index contributed by atoms with van der Waals surface area (Å²) in [7, 11) is -0.913. The number of nitrogens with zero attached hydrogens (tertiary/aromatic N) is 2. The Morgan fingerprint density at radius 2 is 1.96 bits per heavy atom. The first-order valence-electron chi connectivity index (χ1n) is 7.64. The molecule has 1 N–H and O–H groups in total. The lowest BCUT2D eigenvalue weighted by molar-refractivity contribution is -0.115. The molecule has 1 aromatic carbocycles. The standard InChI is InChI=1S/C17H21N3O2S/c1-17(2,3)20-16(13-10-23(22)11-14(13)19-20)18-15(21)9-12-7-5-4-6-8-12/h4-8H,9-11H2,1-3H3,(H,18,21)/t23-/m1/s1. The molecule has 0 saturated heterocycles. The van der Waals surface area contributed by atoms with E-state index in [9.17, 15) is 9.00 Å². The molecular formula is C17H21N3O2S. The Labute approximate surface area is 138 Å². The van der Waals surface area contributed by atoms with Gasteiger partial charge in [0.2, 0.25) is 5.91 Å². The molecule has 1 atom stereocenters. The molecule has 3 rings (SSSR count). The molecule has 0 fully saturated rings. The molecule has 0 bridgehead atoms. The monoisotopic (exact) mass is 331 g/mol. The minimum absolute atomic E-state index is 0.0814. The molecule has 5 nitrogen and oxygen atoms in total. The van der Waals surface area contributed by atoms with Crippen molar-refractivity contribution in [2.75, 3.05) is 5.32 Å². The first kappa shape index (κ1) is 15.9. The van der Waals surface area contributed by atoms with Crippen LogP contribution in [0.15, 0.2) is 30.3 Å². The number of hydrogen-bond acceptors (Lipinski definition) is 3. The number of anilines is 1. The minimum atomic E-state index is -0.913. The average molecular weight is 331 g/mol. The number of carbonyl (C=O) groups is 1. The van der Waals surface area contributed by atoms with E-state index in [1.165, 1.54) is 0 Å². The summed E-state index contributed by atoms with van der Waals surface area (Å²) in [6, 6.07) is 9.63. The van der Waals surface area contributed by atoms with Crippen molar-refractivity contribution in [2.24, 2.45) is 0 Å². The van der Waals surface area contributed by atoms with Crippen LogP contribution in [0.4, 0.5) is 5.82 Å². The molecule has 1 aliphatic heterocycles. The van der Waals surface area contributed by atoms with Crippen LogP contribution in [0, 0.1) is 0 Å². The molecule has 2 heterocycles. The van der Waals surface area contributed by atoms with Crippen molar-refractivity contribution < 1.29 is 9.00 Å². The van der Waals surface area contributed by atoms with Gasteiger partial charge in [-0.3, -0.25) is 9.00 Å². The Morgan fingerprint density at radius 1 is 1.26 bits per heavy atom. The Balaban J connectivity index is 1.87. The van der Waals surface area contributed by atoms with Gasteiger partial charge in [-0.15, -0.1) is 0 Å². The minimum Gasteiger partial charge on any atom is -0.310 e. The highest BCUT2D eigenvalue weighted by molar-refractivity contribution is 7.83. The van der Waals surface area contributed by atoms with Gasteiger partial charge >= 0.3 is 0 Å². The van der Waals surface area contributed by atoms with E-state index >= 15 is 0 Å². The van der Waals surface area contributed by atoms with Gasteiger partial charge < -0.3 is 5.32 Å². The van der Waals surface area contributed by atoms with E-state index in [1.807, 2.05) is 55.8 Å². The molecule has 2 aromatic rings. The lowest BCUT2D eigenvalue weighted by Crippen LogP contribution is -2.28. The molecule has 23 heavy (non-hydrogen) atoms. The number of rotatable bonds is 3. The van der Waals surface area contributed by atoms with Crippen LogP contribution in [-0.4, -0.2) is 19.9 Å². The predicted molar refractivity (Wildman–Crippen MR) is 91.5 cm³/mol. The van der Waals surface area contributed by atoms with E-state index in [4.69, 9.17) is 0 Å². The summed E-state index contributed by atoms with van der Waals surface area (Å²) in [5.74, 6) is 1.55. The number of amides is 1. The van der Waals surface area contributed by atoms with Gasteiger partial charge in [0, 0.05) is 16.4 Å². The summed E-state index contributed by atoms with van der Waals surface area (Å²) in [5, 5.41) is 7.57. The average Bonchev–Trinajstić information content (AvgIpc) is 2.97.